The topological polar surface area (TPSA) is 17.1 Å². The first-order valence-corrected chi connectivity index (χ1v) is 7.68. The number of halogens is 3. The molecule has 0 radical (unpaired) electrons. The van der Waals surface area contributed by atoms with E-state index in [9.17, 15) is 18.0 Å². The molecule has 4 heteroatoms. The lowest BCUT2D eigenvalue weighted by Gasteiger charge is -2.32. The molecule has 2 rings (SSSR count). The molecule has 2 aromatic carbocycles. The zero-order chi connectivity index (χ0) is 17.6. The fourth-order valence-electron chi connectivity index (χ4n) is 2.66. The van der Waals surface area contributed by atoms with Crippen molar-refractivity contribution >= 4 is 11.9 Å². The average molecular weight is 332 g/mol. The van der Waals surface area contributed by atoms with Crippen LogP contribution in [-0.2, 0) is 11.2 Å². The molecule has 2 aromatic rings. The molecule has 24 heavy (non-hydrogen) atoms. The molecular formula is C20H19F3O. The van der Waals surface area contributed by atoms with Crippen LogP contribution in [0.15, 0.2) is 66.7 Å². The van der Waals surface area contributed by atoms with Gasteiger partial charge in [0.2, 0.25) is 0 Å². The highest BCUT2D eigenvalue weighted by Crippen LogP contribution is 2.45. The first kappa shape index (κ1) is 18.0. The fraction of sp³-hybridized carbons (Fsp3) is 0.250. The standard InChI is InChI=1S/C20H19F3O/c1-16(24)19(20(21,22)23,15-18-11-6-3-7-12-18)14-8-13-17-9-4-2-5-10-17/h2-13H,14-15H2,1H3/b13-8+. The largest absolute Gasteiger partial charge is 0.401 e. The minimum Gasteiger partial charge on any atom is -0.299 e. The quantitative estimate of drug-likeness (QED) is 0.685. The summed E-state index contributed by atoms with van der Waals surface area (Å²) >= 11 is 0. The molecule has 0 aliphatic carbocycles. The minimum atomic E-state index is -4.62. The second-order valence-corrected chi connectivity index (χ2v) is 5.82. The number of carbonyl (C=O) groups is 1. The van der Waals surface area contributed by atoms with Crippen molar-refractivity contribution in [2.45, 2.75) is 25.9 Å². The van der Waals surface area contributed by atoms with Gasteiger partial charge in [0.05, 0.1) is 0 Å². The summed E-state index contributed by atoms with van der Waals surface area (Å²) in [5, 5.41) is 0. The van der Waals surface area contributed by atoms with Crippen LogP contribution in [-0.4, -0.2) is 12.0 Å². The van der Waals surface area contributed by atoms with E-state index in [0.717, 1.165) is 12.5 Å². The van der Waals surface area contributed by atoms with Crippen LogP contribution in [0.2, 0.25) is 0 Å². The van der Waals surface area contributed by atoms with Crippen molar-refractivity contribution in [3.8, 4) is 0 Å². The van der Waals surface area contributed by atoms with Crippen LogP contribution >= 0.6 is 0 Å². The lowest BCUT2D eigenvalue weighted by atomic mass is 9.74. The van der Waals surface area contributed by atoms with Crippen LogP contribution < -0.4 is 0 Å². The van der Waals surface area contributed by atoms with E-state index in [2.05, 4.69) is 0 Å². The maximum Gasteiger partial charge on any atom is 0.401 e. The van der Waals surface area contributed by atoms with Crippen LogP contribution in [0.1, 0.15) is 24.5 Å². The summed E-state index contributed by atoms with van der Waals surface area (Å²) in [5.74, 6) is -0.864. The van der Waals surface area contributed by atoms with E-state index in [-0.39, 0.29) is 12.8 Å². The van der Waals surface area contributed by atoms with E-state index in [0.29, 0.717) is 5.56 Å². The Morgan fingerprint density at radius 1 is 0.958 bits per heavy atom. The molecule has 1 nitrogen and oxygen atoms in total. The second kappa shape index (κ2) is 7.47. The summed E-state index contributed by atoms with van der Waals surface area (Å²) in [5.41, 5.74) is -1.10. The molecule has 0 amide bonds. The van der Waals surface area contributed by atoms with E-state index < -0.39 is 17.4 Å². The van der Waals surface area contributed by atoms with Gasteiger partial charge in [0, 0.05) is 0 Å². The van der Waals surface area contributed by atoms with Crippen molar-refractivity contribution in [1.29, 1.82) is 0 Å². The fourth-order valence-corrected chi connectivity index (χ4v) is 2.66. The molecule has 0 spiro atoms. The number of hydrogen-bond donors (Lipinski definition) is 0. The van der Waals surface area contributed by atoms with Crippen molar-refractivity contribution in [3.05, 3.63) is 77.9 Å². The molecule has 1 atom stereocenters. The third-order valence-corrected chi connectivity index (χ3v) is 4.14. The summed E-state index contributed by atoms with van der Waals surface area (Å²) < 4.78 is 41.3. The molecular weight excluding hydrogens is 313 g/mol. The van der Waals surface area contributed by atoms with Crippen LogP contribution in [0.5, 0.6) is 0 Å². The number of Topliss-reactive ketones (excluding diaryl/α,β-unsaturated/α-hetero) is 1. The lowest BCUT2D eigenvalue weighted by Crippen LogP contribution is -2.45. The number of rotatable bonds is 6. The summed E-state index contributed by atoms with van der Waals surface area (Å²) in [6.07, 6.45) is -2.29. The summed E-state index contributed by atoms with van der Waals surface area (Å²) in [6.45, 7) is 1.02. The lowest BCUT2D eigenvalue weighted by molar-refractivity contribution is -0.218. The first-order chi connectivity index (χ1) is 11.3. The smallest absolute Gasteiger partial charge is 0.299 e. The van der Waals surface area contributed by atoms with Gasteiger partial charge in [-0.25, -0.2) is 0 Å². The predicted octanol–water partition coefficient (Wildman–Crippen LogP) is 5.47. The molecule has 0 aliphatic heterocycles. The predicted molar refractivity (Wildman–Crippen MR) is 89.4 cm³/mol. The van der Waals surface area contributed by atoms with E-state index in [4.69, 9.17) is 0 Å². The molecule has 0 aliphatic rings. The Labute approximate surface area is 139 Å². The molecule has 0 saturated carbocycles. The van der Waals surface area contributed by atoms with Gasteiger partial charge in [-0.15, -0.1) is 0 Å². The van der Waals surface area contributed by atoms with Gasteiger partial charge in [-0.2, -0.15) is 13.2 Å². The highest BCUT2D eigenvalue weighted by atomic mass is 19.4. The third-order valence-electron chi connectivity index (χ3n) is 4.14. The van der Waals surface area contributed by atoms with Gasteiger partial charge in [0.25, 0.3) is 0 Å². The van der Waals surface area contributed by atoms with E-state index in [1.54, 1.807) is 48.5 Å². The molecule has 0 fully saturated rings. The van der Waals surface area contributed by atoms with Crippen molar-refractivity contribution in [3.63, 3.8) is 0 Å². The Balaban J connectivity index is 2.31. The second-order valence-electron chi connectivity index (χ2n) is 5.82. The van der Waals surface area contributed by atoms with Crippen LogP contribution in [0.4, 0.5) is 13.2 Å². The molecule has 0 aromatic heterocycles. The van der Waals surface area contributed by atoms with Gasteiger partial charge in [-0.05, 0) is 30.9 Å². The van der Waals surface area contributed by atoms with Crippen molar-refractivity contribution in [2.75, 3.05) is 0 Å². The van der Waals surface area contributed by atoms with Gasteiger partial charge >= 0.3 is 6.18 Å². The zero-order valence-electron chi connectivity index (χ0n) is 13.4. The van der Waals surface area contributed by atoms with Crippen LogP contribution in [0, 0.1) is 5.41 Å². The van der Waals surface area contributed by atoms with Crippen LogP contribution in [0.25, 0.3) is 6.08 Å². The Kier molecular flexibility index (Phi) is 5.60. The van der Waals surface area contributed by atoms with E-state index >= 15 is 0 Å². The Bertz CT molecular complexity index is 690. The molecule has 0 saturated heterocycles. The monoisotopic (exact) mass is 332 g/mol. The normalized spacial score (nSPS) is 14.5. The summed E-state index contributed by atoms with van der Waals surface area (Å²) in [6, 6.07) is 17.4. The Hall–Kier alpha value is -2.36. The first-order valence-electron chi connectivity index (χ1n) is 7.68. The minimum absolute atomic E-state index is 0.355. The molecule has 1 unspecified atom stereocenters. The summed E-state index contributed by atoms with van der Waals surface area (Å²) in [7, 11) is 0. The van der Waals surface area contributed by atoms with E-state index in [1.807, 2.05) is 18.2 Å². The molecule has 126 valence electrons. The SMILES string of the molecule is CC(=O)C(C/C=C/c1ccccc1)(Cc1ccccc1)C(F)(F)F. The molecule has 0 N–H and O–H groups in total. The molecule has 0 heterocycles. The van der Waals surface area contributed by atoms with Crippen LogP contribution in [0.3, 0.4) is 0 Å². The van der Waals surface area contributed by atoms with Gasteiger partial charge in [0.15, 0.2) is 0 Å². The van der Waals surface area contributed by atoms with Gasteiger partial charge in [0.1, 0.15) is 11.2 Å². The maximum atomic E-state index is 13.8. The number of carbonyl (C=O) groups excluding carboxylic acids is 1. The number of benzene rings is 2. The zero-order valence-corrected chi connectivity index (χ0v) is 13.4. The van der Waals surface area contributed by atoms with Gasteiger partial charge in [-0.1, -0.05) is 72.8 Å². The highest BCUT2D eigenvalue weighted by Gasteiger charge is 2.57. The number of ketones is 1. The van der Waals surface area contributed by atoms with Crippen molar-refractivity contribution < 1.29 is 18.0 Å². The van der Waals surface area contributed by atoms with Gasteiger partial charge < -0.3 is 0 Å². The Morgan fingerprint density at radius 3 is 2.00 bits per heavy atom. The highest BCUT2D eigenvalue weighted by molar-refractivity contribution is 5.84. The van der Waals surface area contributed by atoms with Crippen molar-refractivity contribution in [2.24, 2.45) is 5.41 Å². The molecule has 0 bridgehead atoms. The van der Waals surface area contributed by atoms with Gasteiger partial charge in [-0.3, -0.25) is 4.79 Å². The number of hydrogen-bond acceptors (Lipinski definition) is 1. The van der Waals surface area contributed by atoms with E-state index in [1.165, 1.54) is 6.08 Å². The maximum absolute atomic E-state index is 13.8. The number of allylic oxidation sites excluding steroid dienone is 1. The summed E-state index contributed by atoms with van der Waals surface area (Å²) in [4.78, 5) is 12.0. The van der Waals surface area contributed by atoms with Crippen molar-refractivity contribution in [1.82, 2.24) is 0 Å². The third kappa shape index (κ3) is 4.13. The Morgan fingerprint density at radius 2 is 1.50 bits per heavy atom. The number of alkyl halides is 3. The average Bonchev–Trinajstić information content (AvgIpc) is 2.54.